The fourth-order valence-corrected chi connectivity index (χ4v) is 2.31. The first-order chi connectivity index (χ1) is 11.5. The van der Waals surface area contributed by atoms with Crippen molar-refractivity contribution in [3.05, 3.63) is 58.1 Å². The van der Waals surface area contributed by atoms with E-state index in [1.807, 2.05) is 36.2 Å². The summed E-state index contributed by atoms with van der Waals surface area (Å²) in [6.45, 7) is 1.14. The fraction of sp³-hybridized carbons (Fsp3) is 0.294. The number of likely N-dealkylation sites (N-methyl/N-ethyl adjacent to an activating group) is 1. The van der Waals surface area contributed by atoms with Gasteiger partial charge in [0.15, 0.2) is 5.75 Å². The van der Waals surface area contributed by atoms with E-state index >= 15 is 0 Å². The number of nitrogens with zero attached hydrogens (tertiary/aromatic N) is 2. The maximum absolute atomic E-state index is 11.0. The summed E-state index contributed by atoms with van der Waals surface area (Å²) in [5, 5.41) is 23.2. The summed E-state index contributed by atoms with van der Waals surface area (Å²) < 4.78 is 5.00. The highest BCUT2D eigenvalue weighted by molar-refractivity contribution is 5.55. The van der Waals surface area contributed by atoms with Crippen LogP contribution in [0.3, 0.4) is 0 Å². The Morgan fingerprint density at radius 2 is 1.96 bits per heavy atom. The fourth-order valence-electron chi connectivity index (χ4n) is 2.31. The number of methoxy groups -OCH3 is 1. The third-order valence-corrected chi connectivity index (χ3v) is 3.68. The van der Waals surface area contributed by atoms with Crippen LogP contribution in [-0.2, 0) is 6.54 Å². The molecule has 0 amide bonds. The van der Waals surface area contributed by atoms with Crippen LogP contribution in [0.4, 0.5) is 17.1 Å². The Morgan fingerprint density at radius 1 is 1.25 bits per heavy atom. The predicted molar refractivity (Wildman–Crippen MR) is 93.8 cm³/mol. The van der Waals surface area contributed by atoms with Crippen LogP contribution in [0.2, 0.25) is 0 Å². The van der Waals surface area contributed by atoms with E-state index in [2.05, 4.69) is 5.32 Å². The molecule has 0 saturated heterocycles. The summed E-state index contributed by atoms with van der Waals surface area (Å²) in [5.74, 6) is 0.250. The van der Waals surface area contributed by atoms with Crippen molar-refractivity contribution in [3.63, 3.8) is 0 Å². The van der Waals surface area contributed by atoms with E-state index in [9.17, 15) is 10.1 Å². The molecule has 0 bridgehead atoms. The zero-order valence-electron chi connectivity index (χ0n) is 13.7. The normalized spacial score (nSPS) is 10.3. The van der Waals surface area contributed by atoms with Crippen molar-refractivity contribution in [2.24, 2.45) is 0 Å². The molecule has 0 aliphatic heterocycles. The molecule has 0 aromatic heterocycles. The van der Waals surface area contributed by atoms with Crippen molar-refractivity contribution in [3.8, 4) is 5.75 Å². The minimum Gasteiger partial charge on any atom is -0.490 e. The van der Waals surface area contributed by atoms with E-state index in [0.29, 0.717) is 13.1 Å². The number of anilines is 2. The number of rotatable bonds is 8. The van der Waals surface area contributed by atoms with Crippen LogP contribution >= 0.6 is 0 Å². The summed E-state index contributed by atoms with van der Waals surface area (Å²) in [6, 6.07) is 12.7. The van der Waals surface area contributed by atoms with Crippen molar-refractivity contribution < 1.29 is 14.8 Å². The van der Waals surface area contributed by atoms with Crippen LogP contribution in [-0.4, -0.2) is 37.3 Å². The number of nitro benzene ring substituents is 1. The second-order valence-corrected chi connectivity index (χ2v) is 5.31. The molecule has 0 fully saturated rings. The van der Waals surface area contributed by atoms with E-state index in [-0.39, 0.29) is 18.0 Å². The van der Waals surface area contributed by atoms with Crippen LogP contribution in [0.25, 0.3) is 0 Å². The van der Waals surface area contributed by atoms with Crippen molar-refractivity contribution >= 4 is 17.1 Å². The molecular formula is C17H21N3O4. The topological polar surface area (TPSA) is 87.9 Å². The maximum atomic E-state index is 11.0. The Hall–Kier alpha value is -2.80. The first-order valence-corrected chi connectivity index (χ1v) is 7.52. The van der Waals surface area contributed by atoms with Crippen LogP contribution in [0.1, 0.15) is 5.56 Å². The number of hydrogen-bond donors (Lipinski definition) is 2. The second kappa shape index (κ2) is 8.16. The summed E-state index contributed by atoms with van der Waals surface area (Å²) in [4.78, 5) is 12.5. The molecule has 0 radical (unpaired) electrons. The molecule has 0 saturated carbocycles. The van der Waals surface area contributed by atoms with Crippen molar-refractivity contribution in [1.82, 2.24) is 0 Å². The molecule has 7 nitrogen and oxygen atoms in total. The minimum absolute atomic E-state index is 0.0437. The quantitative estimate of drug-likeness (QED) is 0.571. The van der Waals surface area contributed by atoms with Gasteiger partial charge in [-0.15, -0.1) is 0 Å². The molecule has 2 aromatic rings. The van der Waals surface area contributed by atoms with Gasteiger partial charge in [-0.2, -0.15) is 0 Å². The van der Waals surface area contributed by atoms with Gasteiger partial charge in [-0.3, -0.25) is 10.1 Å². The van der Waals surface area contributed by atoms with E-state index in [0.717, 1.165) is 16.9 Å². The first kappa shape index (κ1) is 17.6. The molecule has 24 heavy (non-hydrogen) atoms. The number of hydrogen-bond acceptors (Lipinski definition) is 6. The van der Waals surface area contributed by atoms with E-state index in [4.69, 9.17) is 9.84 Å². The molecule has 2 N–H and O–H groups in total. The van der Waals surface area contributed by atoms with Gasteiger partial charge in [-0.25, -0.2) is 0 Å². The van der Waals surface area contributed by atoms with Crippen LogP contribution < -0.4 is 15.0 Å². The lowest BCUT2D eigenvalue weighted by Gasteiger charge is -2.18. The Labute approximate surface area is 140 Å². The van der Waals surface area contributed by atoms with E-state index in [1.54, 1.807) is 12.1 Å². The number of benzene rings is 2. The highest BCUT2D eigenvalue weighted by Gasteiger charge is 2.14. The second-order valence-electron chi connectivity index (χ2n) is 5.31. The van der Waals surface area contributed by atoms with Crippen LogP contribution in [0, 0.1) is 10.1 Å². The van der Waals surface area contributed by atoms with Gasteiger partial charge < -0.3 is 20.1 Å². The largest absolute Gasteiger partial charge is 0.490 e. The van der Waals surface area contributed by atoms with Gasteiger partial charge in [0.05, 0.1) is 18.6 Å². The molecule has 0 atom stereocenters. The molecule has 2 aromatic carbocycles. The van der Waals surface area contributed by atoms with Gasteiger partial charge in [-0.1, -0.05) is 6.07 Å². The number of ether oxygens (including phenoxy) is 1. The average Bonchev–Trinajstić information content (AvgIpc) is 2.60. The molecule has 2 rings (SSSR count). The average molecular weight is 331 g/mol. The highest BCUT2D eigenvalue weighted by atomic mass is 16.6. The predicted octanol–water partition coefficient (Wildman–Crippen LogP) is 2.64. The standard InChI is InChI=1S/C17H21N3O4/c1-19(9-10-21)15-6-4-14(5-7-15)18-12-13-3-8-17(24-2)16(11-13)20(22)23/h3-8,11,18,21H,9-10,12H2,1-2H3. The summed E-state index contributed by atoms with van der Waals surface area (Å²) in [7, 11) is 3.32. The van der Waals surface area contributed by atoms with Gasteiger partial charge in [0.25, 0.3) is 0 Å². The van der Waals surface area contributed by atoms with Crippen molar-refractivity contribution in [1.29, 1.82) is 0 Å². The van der Waals surface area contributed by atoms with Gasteiger partial charge in [0.2, 0.25) is 0 Å². The number of aliphatic hydroxyl groups excluding tert-OH is 1. The Kier molecular flexibility index (Phi) is 5.97. The molecule has 7 heteroatoms. The minimum atomic E-state index is -0.450. The Bertz CT molecular complexity index is 689. The van der Waals surface area contributed by atoms with Gasteiger partial charge in [-0.05, 0) is 35.9 Å². The molecular weight excluding hydrogens is 310 g/mol. The van der Waals surface area contributed by atoms with Crippen LogP contribution in [0.15, 0.2) is 42.5 Å². The monoisotopic (exact) mass is 331 g/mol. The Morgan fingerprint density at radius 3 is 2.54 bits per heavy atom. The lowest BCUT2D eigenvalue weighted by Crippen LogP contribution is -2.20. The summed E-state index contributed by atoms with van der Waals surface area (Å²) >= 11 is 0. The maximum Gasteiger partial charge on any atom is 0.311 e. The molecule has 0 spiro atoms. The number of nitro groups is 1. The molecule has 0 aliphatic carbocycles. The highest BCUT2D eigenvalue weighted by Crippen LogP contribution is 2.28. The van der Waals surface area contributed by atoms with E-state index in [1.165, 1.54) is 13.2 Å². The van der Waals surface area contributed by atoms with Crippen molar-refractivity contribution in [2.75, 3.05) is 37.5 Å². The lowest BCUT2D eigenvalue weighted by molar-refractivity contribution is -0.385. The zero-order chi connectivity index (χ0) is 17.5. The third-order valence-electron chi connectivity index (χ3n) is 3.68. The molecule has 0 aliphatic rings. The number of aliphatic hydroxyl groups is 1. The van der Waals surface area contributed by atoms with Crippen LogP contribution in [0.5, 0.6) is 5.75 Å². The third kappa shape index (κ3) is 4.36. The lowest BCUT2D eigenvalue weighted by atomic mass is 10.1. The Balaban J connectivity index is 2.03. The summed E-state index contributed by atoms with van der Waals surface area (Å²) in [5.41, 5.74) is 2.67. The SMILES string of the molecule is COc1ccc(CNc2ccc(N(C)CCO)cc2)cc1[N+](=O)[O-]. The van der Waals surface area contributed by atoms with Crippen molar-refractivity contribution in [2.45, 2.75) is 6.54 Å². The smallest absolute Gasteiger partial charge is 0.311 e. The van der Waals surface area contributed by atoms with Gasteiger partial charge in [0.1, 0.15) is 0 Å². The molecule has 128 valence electrons. The molecule has 0 unspecified atom stereocenters. The van der Waals surface area contributed by atoms with Gasteiger partial charge >= 0.3 is 5.69 Å². The zero-order valence-corrected chi connectivity index (χ0v) is 13.7. The van der Waals surface area contributed by atoms with Gasteiger partial charge in [0, 0.05) is 37.6 Å². The first-order valence-electron chi connectivity index (χ1n) is 7.52. The molecule has 0 heterocycles. The van der Waals surface area contributed by atoms with E-state index < -0.39 is 4.92 Å². The number of nitrogens with one attached hydrogen (secondary N) is 1. The summed E-state index contributed by atoms with van der Waals surface area (Å²) in [6.07, 6.45) is 0.